The number of aryl methyl sites for hydroxylation is 2. The number of nitrogens with one attached hydrogen (secondary N) is 2. The highest BCUT2D eigenvalue weighted by molar-refractivity contribution is 5.95. The maximum absolute atomic E-state index is 11.9. The molecule has 2 N–H and O–H groups in total. The lowest BCUT2D eigenvalue weighted by Crippen LogP contribution is -2.37. The number of benzene rings is 1. The van der Waals surface area contributed by atoms with Gasteiger partial charge < -0.3 is 20.1 Å². The monoisotopic (exact) mass is 397 g/mol. The third-order valence-corrected chi connectivity index (χ3v) is 5.12. The summed E-state index contributed by atoms with van der Waals surface area (Å²) in [7, 11) is 0. The molecule has 1 saturated heterocycles. The van der Waals surface area contributed by atoms with Crippen molar-refractivity contribution in [3.63, 3.8) is 0 Å². The summed E-state index contributed by atoms with van der Waals surface area (Å²) in [5, 5.41) is 10.8. The Morgan fingerprint density at radius 1 is 1.17 bits per heavy atom. The minimum Gasteiger partial charge on any atom is -0.361 e. The van der Waals surface area contributed by atoms with Crippen molar-refractivity contribution in [1.29, 1.82) is 0 Å². The smallest absolute Gasteiger partial charge is 0.227 e. The third-order valence-electron chi connectivity index (χ3n) is 5.12. The first-order chi connectivity index (χ1) is 14.2. The van der Waals surface area contributed by atoms with Crippen LogP contribution in [0.15, 0.2) is 33.8 Å². The van der Waals surface area contributed by atoms with Crippen molar-refractivity contribution in [2.24, 2.45) is 4.99 Å². The fourth-order valence-electron chi connectivity index (χ4n) is 3.52. The maximum Gasteiger partial charge on any atom is 0.227 e. The number of amides is 1. The molecule has 0 aliphatic carbocycles. The van der Waals surface area contributed by atoms with Crippen LogP contribution >= 0.6 is 0 Å². The van der Waals surface area contributed by atoms with E-state index in [1.165, 1.54) is 0 Å². The van der Waals surface area contributed by atoms with Crippen molar-refractivity contribution in [3.05, 3.63) is 46.8 Å². The Morgan fingerprint density at radius 2 is 1.97 bits per heavy atom. The van der Waals surface area contributed by atoms with Gasteiger partial charge in [0.05, 0.1) is 12.2 Å². The average Bonchev–Trinajstić information content (AvgIpc) is 3.35. The van der Waals surface area contributed by atoms with Crippen LogP contribution in [-0.2, 0) is 30.7 Å². The lowest BCUT2D eigenvalue weighted by Gasteiger charge is -2.16. The number of aliphatic imine (C=N–C) groups is 1. The van der Waals surface area contributed by atoms with Gasteiger partial charge in [0.1, 0.15) is 5.76 Å². The number of hydrogen-bond acceptors (Lipinski definition) is 4. The molecule has 0 bridgehead atoms. The standard InChI is InChI=1S/C22H31N5O2/c1-4-19-18(20(5-2)29-26-19)15-25-22(23-6-3)24-14-16-9-11-17(12-10-16)27-13-7-8-21(27)28/h9-12H,4-8,13-15H2,1-3H3,(H2,23,24,25). The van der Waals surface area contributed by atoms with Crippen molar-refractivity contribution in [2.45, 2.75) is 59.5 Å². The van der Waals surface area contributed by atoms with Crippen LogP contribution < -0.4 is 15.5 Å². The minimum absolute atomic E-state index is 0.209. The predicted molar refractivity (Wildman–Crippen MR) is 115 cm³/mol. The van der Waals surface area contributed by atoms with E-state index < -0.39 is 0 Å². The molecule has 0 atom stereocenters. The molecule has 1 aromatic carbocycles. The van der Waals surface area contributed by atoms with E-state index in [-0.39, 0.29) is 5.91 Å². The van der Waals surface area contributed by atoms with Crippen LogP contribution in [0.1, 0.15) is 56.2 Å². The van der Waals surface area contributed by atoms with Crippen molar-refractivity contribution < 1.29 is 9.32 Å². The summed E-state index contributed by atoms with van der Waals surface area (Å²) in [5.74, 6) is 1.90. The van der Waals surface area contributed by atoms with Crippen LogP contribution in [-0.4, -0.2) is 30.1 Å². The number of carbonyl (C=O) groups is 1. The lowest BCUT2D eigenvalue weighted by atomic mass is 10.1. The summed E-state index contributed by atoms with van der Waals surface area (Å²) in [5.41, 5.74) is 4.19. The van der Waals surface area contributed by atoms with Gasteiger partial charge in [0.15, 0.2) is 5.96 Å². The van der Waals surface area contributed by atoms with Gasteiger partial charge in [0.2, 0.25) is 5.91 Å². The van der Waals surface area contributed by atoms with Crippen LogP contribution in [0.5, 0.6) is 0 Å². The van der Waals surface area contributed by atoms with Crippen LogP contribution in [0, 0.1) is 0 Å². The highest BCUT2D eigenvalue weighted by Crippen LogP contribution is 2.21. The van der Waals surface area contributed by atoms with Crippen molar-refractivity contribution in [2.75, 3.05) is 18.0 Å². The molecular weight excluding hydrogens is 366 g/mol. The highest BCUT2D eigenvalue weighted by atomic mass is 16.5. The molecule has 0 saturated carbocycles. The summed E-state index contributed by atoms with van der Waals surface area (Å²) < 4.78 is 5.44. The number of anilines is 1. The maximum atomic E-state index is 11.9. The van der Waals surface area contributed by atoms with Gasteiger partial charge in [-0.05, 0) is 37.5 Å². The molecule has 0 spiro atoms. The number of carbonyl (C=O) groups excluding carboxylic acids is 1. The zero-order valence-electron chi connectivity index (χ0n) is 17.6. The fraction of sp³-hybridized carbons (Fsp3) is 0.500. The van der Waals surface area contributed by atoms with Gasteiger partial charge in [-0.3, -0.25) is 4.79 Å². The number of aromatic nitrogens is 1. The molecule has 7 nitrogen and oxygen atoms in total. The largest absolute Gasteiger partial charge is 0.361 e. The fourth-order valence-corrected chi connectivity index (χ4v) is 3.52. The van der Waals surface area contributed by atoms with E-state index in [1.807, 2.05) is 36.1 Å². The van der Waals surface area contributed by atoms with Crippen molar-refractivity contribution >= 4 is 17.6 Å². The molecule has 3 rings (SSSR count). The van der Waals surface area contributed by atoms with E-state index in [9.17, 15) is 4.79 Å². The first kappa shape index (κ1) is 20.9. The third kappa shape index (κ3) is 5.16. The van der Waals surface area contributed by atoms with E-state index in [4.69, 9.17) is 9.52 Å². The molecule has 156 valence electrons. The summed E-state index contributed by atoms with van der Waals surface area (Å²) >= 11 is 0. The van der Waals surface area contributed by atoms with E-state index in [0.29, 0.717) is 19.5 Å². The molecule has 1 amide bonds. The van der Waals surface area contributed by atoms with Gasteiger partial charge >= 0.3 is 0 Å². The number of rotatable bonds is 8. The van der Waals surface area contributed by atoms with Gasteiger partial charge in [0, 0.05) is 43.7 Å². The normalized spacial score (nSPS) is 14.5. The zero-order chi connectivity index (χ0) is 20.6. The number of hydrogen-bond donors (Lipinski definition) is 2. The Balaban J connectivity index is 1.63. The molecule has 1 fully saturated rings. The van der Waals surface area contributed by atoms with Gasteiger partial charge in [-0.25, -0.2) is 4.99 Å². The van der Waals surface area contributed by atoms with E-state index >= 15 is 0 Å². The second-order valence-corrected chi connectivity index (χ2v) is 7.10. The van der Waals surface area contributed by atoms with Gasteiger partial charge in [-0.2, -0.15) is 0 Å². The number of guanidine groups is 1. The van der Waals surface area contributed by atoms with E-state index in [1.54, 1.807) is 0 Å². The van der Waals surface area contributed by atoms with Crippen LogP contribution in [0.25, 0.3) is 0 Å². The molecule has 2 aromatic rings. The molecule has 0 unspecified atom stereocenters. The summed E-state index contributed by atoms with van der Waals surface area (Å²) in [4.78, 5) is 18.4. The molecule has 7 heteroatoms. The highest BCUT2D eigenvalue weighted by Gasteiger charge is 2.21. The molecule has 1 aromatic heterocycles. The Kier molecular flexibility index (Phi) is 7.27. The van der Waals surface area contributed by atoms with Crippen molar-refractivity contribution in [3.8, 4) is 0 Å². The molecule has 1 aliphatic rings. The van der Waals surface area contributed by atoms with Gasteiger partial charge in [0.25, 0.3) is 0 Å². The number of nitrogens with zero attached hydrogens (tertiary/aromatic N) is 3. The Labute approximate surface area is 172 Å². The van der Waals surface area contributed by atoms with E-state index in [2.05, 4.69) is 29.6 Å². The molecular formula is C22H31N5O2. The summed E-state index contributed by atoms with van der Waals surface area (Å²) in [6.07, 6.45) is 3.26. The topological polar surface area (TPSA) is 82.8 Å². The van der Waals surface area contributed by atoms with Gasteiger partial charge in [-0.1, -0.05) is 31.1 Å². The Hall–Kier alpha value is -2.83. The first-order valence-corrected chi connectivity index (χ1v) is 10.5. The van der Waals surface area contributed by atoms with Crippen molar-refractivity contribution in [1.82, 2.24) is 15.8 Å². The Morgan fingerprint density at radius 3 is 2.59 bits per heavy atom. The van der Waals surface area contributed by atoms with E-state index in [0.717, 1.165) is 66.6 Å². The molecule has 1 aliphatic heterocycles. The second kappa shape index (κ2) is 10.1. The average molecular weight is 398 g/mol. The van der Waals surface area contributed by atoms with Crippen LogP contribution in [0.3, 0.4) is 0 Å². The second-order valence-electron chi connectivity index (χ2n) is 7.10. The molecule has 2 heterocycles. The lowest BCUT2D eigenvalue weighted by molar-refractivity contribution is -0.117. The minimum atomic E-state index is 0.209. The van der Waals surface area contributed by atoms with Crippen LogP contribution in [0.2, 0.25) is 0 Å². The van der Waals surface area contributed by atoms with Gasteiger partial charge in [-0.15, -0.1) is 0 Å². The zero-order valence-corrected chi connectivity index (χ0v) is 17.6. The molecule has 29 heavy (non-hydrogen) atoms. The quantitative estimate of drug-likeness (QED) is 0.528. The molecule has 0 radical (unpaired) electrons. The summed E-state index contributed by atoms with van der Waals surface area (Å²) in [6, 6.07) is 8.09. The SMILES string of the molecule is CCNC(=NCc1ccc(N2CCCC2=O)cc1)NCc1c(CC)noc1CC. The first-order valence-electron chi connectivity index (χ1n) is 10.5. The van der Waals surface area contributed by atoms with Crippen LogP contribution in [0.4, 0.5) is 5.69 Å². The summed E-state index contributed by atoms with van der Waals surface area (Å²) in [6.45, 7) is 9.00. The predicted octanol–water partition coefficient (Wildman–Crippen LogP) is 3.18. The Bertz CT molecular complexity index is 820.